The van der Waals surface area contributed by atoms with E-state index in [1.54, 1.807) is 0 Å². The average Bonchev–Trinajstić information content (AvgIpc) is 2.39. The Labute approximate surface area is 127 Å². The van der Waals surface area contributed by atoms with Crippen molar-refractivity contribution in [2.75, 3.05) is 5.32 Å². The Bertz CT molecular complexity index is 589. The van der Waals surface area contributed by atoms with E-state index in [-0.39, 0.29) is 24.1 Å². The molecule has 114 valence electrons. The second-order valence-electron chi connectivity index (χ2n) is 4.19. The first-order valence-corrected chi connectivity index (χ1v) is 6.55. The molecule has 0 saturated heterocycles. The molecule has 0 fully saturated rings. The number of anilines is 1. The van der Waals surface area contributed by atoms with Crippen molar-refractivity contribution < 1.29 is 29.7 Å². The number of carbonyl (C=O) groups is 3. The number of phenols is 1. The molecule has 0 aliphatic rings. The molecule has 1 amide bonds. The van der Waals surface area contributed by atoms with Crippen LogP contribution in [0.3, 0.4) is 0 Å². The van der Waals surface area contributed by atoms with Crippen molar-refractivity contribution in [2.45, 2.75) is 18.9 Å². The van der Waals surface area contributed by atoms with E-state index in [0.717, 1.165) is 0 Å². The fourth-order valence-electron chi connectivity index (χ4n) is 1.48. The smallest absolute Gasteiger partial charge is 0.339 e. The van der Waals surface area contributed by atoms with Gasteiger partial charge in [-0.25, -0.2) is 4.79 Å². The van der Waals surface area contributed by atoms with Crippen LogP contribution in [0.5, 0.6) is 5.75 Å². The summed E-state index contributed by atoms with van der Waals surface area (Å²) < 4.78 is 0.357. The molecule has 0 spiro atoms. The highest BCUT2D eigenvalue weighted by molar-refractivity contribution is 9.10. The molecule has 6 N–H and O–H groups in total. The van der Waals surface area contributed by atoms with Gasteiger partial charge in [0.25, 0.3) is 0 Å². The summed E-state index contributed by atoms with van der Waals surface area (Å²) in [5.74, 6) is -3.74. The predicted molar refractivity (Wildman–Crippen MR) is 76.2 cm³/mol. The molecule has 0 aromatic heterocycles. The number of carbonyl (C=O) groups excluding carboxylic acids is 1. The van der Waals surface area contributed by atoms with Crippen LogP contribution in [0.1, 0.15) is 23.2 Å². The summed E-state index contributed by atoms with van der Waals surface area (Å²) in [6.45, 7) is 0. The Morgan fingerprint density at radius 3 is 2.43 bits per heavy atom. The summed E-state index contributed by atoms with van der Waals surface area (Å²) in [5, 5.41) is 29.6. The molecule has 1 aromatic rings. The topological polar surface area (TPSA) is 150 Å². The Kier molecular flexibility index (Phi) is 5.68. The van der Waals surface area contributed by atoms with Gasteiger partial charge in [-0.1, -0.05) is 15.9 Å². The lowest BCUT2D eigenvalue weighted by molar-refractivity contribution is -0.138. The van der Waals surface area contributed by atoms with Crippen molar-refractivity contribution in [3.05, 3.63) is 22.2 Å². The van der Waals surface area contributed by atoms with Gasteiger partial charge in [-0.15, -0.1) is 0 Å². The largest absolute Gasteiger partial charge is 0.505 e. The maximum Gasteiger partial charge on any atom is 0.339 e. The highest BCUT2D eigenvalue weighted by atomic mass is 79.9. The van der Waals surface area contributed by atoms with E-state index >= 15 is 0 Å². The molecule has 0 saturated carbocycles. The van der Waals surface area contributed by atoms with Crippen LogP contribution in [0.4, 0.5) is 5.69 Å². The second kappa shape index (κ2) is 7.04. The number of benzene rings is 1. The SMILES string of the molecule is NC(CCC(=O)Nc1cc(Br)cc(C(=O)O)c1O)C(=O)O. The molecule has 0 radical (unpaired) electrons. The minimum Gasteiger partial charge on any atom is -0.505 e. The number of rotatable bonds is 6. The predicted octanol–water partition coefficient (Wildman–Crippen LogP) is 0.983. The van der Waals surface area contributed by atoms with Crippen LogP contribution < -0.4 is 11.1 Å². The molecule has 1 rings (SSSR count). The number of aliphatic carboxylic acids is 1. The summed E-state index contributed by atoms with van der Waals surface area (Å²) in [5.41, 5.74) is 4.80. The first kappa shape index (κ1) is 16.9. The standard InChI is InChI=1S/C12H13BrN2O6/c13-5-3-6(11(18)19)10(17)8(4-5)15-9(16)2-1-7(14)12(20)21/h3-4,7,17H,1-2,14H2,(H,15,16)(H,18,19)(H,20,21). The molecule has 0 aliphatic heterocycles. The number of halogens is 1. The van der Waals surface area contributed by atoms with E-state index in [0.29, 0.717) is 4.47 Å². The second-order valence-corrected chi connectivity index (χ2v) is 5.10. The summed E-state index contributed by atoms with van der Waals surface area (Å²) in [4.78, 5) is 33.1. The van der Waals surface area contributed by atoms with Crippen molar-refractivity contribution in [1.29, 1.82) is 0 Å². The third-order valence-corrected chi connectivity index (χ3v) is 3.04. The molecule has 8 nitrogen and oxygen atoms in total. The Morgan fingerprint density at radius 1 is 1.29 bits per heavy atom. The van der Waals surface area contributed by atoms with Crippen LogP contribution in [-0.2, 0) is 9.59 Å². The first-order valence-electron chi connectivity index (χ1n) is 5.76. The lowest BCUT2D eigenvalue weighted by atomic mass is 10.1. The highest BCUT2D eigenvalue weighted by Gasteiger charge is 2.18. The van der Waals surface area contributed by atoms with Crippen LogP contribution in [0.25, 0.3) is 0 Å². The molecular formula is C12H13BrN2O6. The fourth-order valence-corrected chi connectivity index (χ4v) is 1.94. The first-order chi connectivity index (χ1) is 9.72. The number of aromatic carboxylic acids is 1. The van der Waals surface area contributed by atoms with Gasteiger partial charge in [-0.05, 0) is 18.6 Å². The fraction of sp³-hybridized carbons (Fsp3) is 0.250. The van der Waals surface area contributed by atoms with Crippen LogP contribution >= 0.6 is 15.9 Å². The average molecular weight is 361 g/mol. The zero-order chi connectivity index (χ0) is 16.2. The van der Waals surface area contributed by atoms with Gasteiger partial charge < -0.3 is 26.4 Å². The number of nitrogens with two attached hydrogens (primary N) is 1. The van der Waals surface area contributed by atoms with Gasteiger partial charge in [0.15, 0.2) is 5.75 Å². The quantitative estimate of drug-likeness (QED) is 0.474. The maximum atomic E-state index is 11.7. The number of carboxylic acids is 2. The number of carboxylic acid groups (broad SMARTS) is 2. The molecule has 0 bridgehead atoms. The van der Waals surface area contributed by atoms with Gasteiger partial charge in [0.05, 0.1) is 5.69 Å². The Balaban J connectivity index is 2.81. The molecular weight excluding hydrogens is 348 g/mol. The van der Waals surface area contributed by atoms with Gasteiger partial charge in [0, 0.05) is 10.9 Å². The van der Waals surface area contributed by atoms with Crippen molar-refractivity contribution in [3.63, 3.8) is 0 Å². The summed E-state index contributed by atoms with van der Waals surface area (Å²) >= 11 is 3.06. The van der Waals surface area contributed by atoms with E-state index in [2.05, 4.69) is 21.2 Å². The van der Waals surface area contributed by atoms with Crippen LogP contribution in [0.15, 0.2) is 16.6 Å². The molecule has 0 heterocycles. The summed E-state index contributed by atoms with van der Waals surface area (Å²) in [7, 11) is 0. The van der Waals surface area contributed by atoms with Gasteiger partial charge in [0.2, 0.25) is 5.91 Å². The Hall–Kier alpha value is -2.13. The Morgan fingerprint density at radius 2 is 1.90 bits per heavy atom. The van der Waals surface area contributed by atoms with Crippen LogP contribution in [0.2, 0.25) is 0 Å². The van der Waals surface area contributed by atoms with E-state index < -0.39 is 29.6 Å². The van der Waals surface area contributed by atoms with E-state index in [9.17, 15) is 19.5 Å². The number of hydrogen-bond acceptors (Lipinski definition) is 5. The van der Waals surface area contributed by atoms with E-state index in [1.165, 1.54) is 12.1 Å². The zero-order valence-electron chi connectivity index (χ0n) is 10.7. The van der Waals surface area contributed by atoms with Gasteiger partial charge >= 0.3 is 11.9 Å². The van der Waals surface area contributed by atoms with Crippen molar-refractivity contribution in [1.82, 2.24) is 0 Å². The van der Waals surface area contributed by atoms with Crippen LogP contribution in [-0.4, -0.2) is 39.2 Å². The van der Waals surface area contributed by atoms with Crippen LogP contribution in [0, 0.1) is 0 Å². The molecule has 1 aromatic carbocycles. The molecule has 9 heteroatoms. The van der Waals surface area contributed by atoms with Gasteiger partial charge in [0.1, 0.15) is 11.6 Å². The van der Waals surface area contributed by atoms with Gasteiger partial charge in [-0.2, -0.15) is 0 Å². The monoisotopic (exact) mass is 360 g/mol. The normalized spacial score (nSPS) is 11.7. The summed E-state index contributed by atoms with van der Waals surface area (Å²) in [6, 6.07) is 1.35. The molecule has 0 aliphatic carbocycles. The third-order valence-electron chi connectivity index (χ3n) is 2.58. The molecule has 1 atom stereocenters. The number of aromatic hydroxyl groups is 1. The minimum absolute atomic E-state index is 0.0816. The van der Waals surface area contributed by atoms with Crippen molar-refractivity contribution in [2.24, 2.45) is 5.73 Å². The lowest BCUT2D eigenvalue weighted by Gasteiger charge is -2.11. The third kappa shape index (κ3) is 4.72. The van der Waals surface area contributed by atoms with E-state index in [4.69, 9.17) is 15.9 Å². The lowest BCUT2D eigenvalue weighted by Crippen LogP contribution is -2.31. The minimum atomic E-state index is -1.35. The maximum absolute atomic E-state index is 11.7. The number of amides is 1. The number of nitrogens with one attached hydrogen (secondary N) is 1. The highest BCUT2D eigenvalue weighted by Crippen LogP contribution is 2.32. The van der Waals surface area contributed by atoms with Gasteiger partial charge in [-0.3, -0.25) is 9.59 Å². The van der Waals surface area contributed by atoms with Crippen molar-refractivity contribution in [3.8, 4) is 5.75 Å². The molecule has 1 unspecified atom stereocenters. The van der Waals surface area contributed by atoms with Crippen molar-refractivity contribution >= 4 is 39.5 Å². The van der Waals surface area contributed by atoms with E-state index in [1.807, 2.05) is 0 Å². The number of hydrogen-bond donors (Lipinski definition) is 5. The summed E-state index contributed by atoms with van der Waals surface area (Å²) in [6.07, 6.45) is -0.260. The zero-order valence-corrected chi connectivity index (χ0v) is 12.3. The molecule has 21 heavy (non-hydrogen) atoms.